The molecule has 0 amide bonds. The van der Waals surface area contributed by atoms with Crippen LogP contribution in [-0.2, 0) is 0 Å². The lowest BCUT2D eigenvalue weighted by Gasteiger charge is -2.46. The van der Waals surface area contributed by atoms with E-state index in [2.05, 4.69) is 36.2 Å². The van der Waals surface area contributed by atoms with Crippen LogP contribution in [0.2, 0.25) is 0 Å². The van der Waals surface area contributed by atoms with Crippen LogP contribution in [0, 0.1) is 0 Å². The predicted molar refractivity (Wildman–Crippen MR) is 69.7 cm³/mol. The number of piperazine rings is 1. The minimum absolute atomic E-state index is 0.388. The van der Waals surface area contributed by atoms with Crippen molar-refractivity contribution in [2.45, 2.75) is 57.5 Å². The number of hydrogen-bond acceptors (Lipinski definition) is 2. The SMILES string of the molecule is CCC1(CC)CN(C2CC=CCC2)CCN1. The maximum Gasteiger partial charge on any atom is 0.0304 e. The quantitative estimate of drug-likeness (QED) is 0.738. The summed E-state index contributed by atoms with van der Waals surface area (Å²) < 4.78 is 0. The van der Waals surface area contributed by atoms with Crippen molar-refractivity contribution >= 4 is 0 Å². The third kappa shape index (κ3) is 2.49. The highest BCUT2D eigenvalue weighted by molar-refractivity contribution is 4.99. The molecule has 0 aromatic carbocycles. The van der Waals surface area contributed by atoms with E-state index < -0.39 is 0 Å². The molecule has 16 heavy (non-hydrogen) atoms. The van der Waals surface area contributed by atoms with E-state index in [9.17, 15) is 0 Å². The predicted octanol–water partition coefficient (Wildman–Crippen LogP) is 2.56. The minimum Gasteiger partial charge on any atom is -0.309 e. The second kappa shape index (κ2) is 5.33. The number of rotatable bonds is 3. The van der Waals surface area contributed by atoms with Crippen LogP contribution in [0.3, 0.4) is 0 Å². The number of nitrogens with zero attached hydrogens (tertiary/aromatic N) is 1. The van der Waals surface area contributed by atoms with Crippen molar-refractivity contribution in [1.29, 1.82) is 0 Å². The van der Waals surface area contributed by atoms with Gasteiger partial charge in [0.25, 0.3) is 0 Å². The van der Waals surface area contributed by atoms with Gasteiger partial charge in [-0.05, 0) is 32.1 Å². The normalized spacial score (nSPS) is 30.5. The molecule has 1 N–H and O–H groups in total. The smallest absolute Gasteiger partial charge is 0.0304 e. The van der Waals surface area contributed by atoms with Gasteiger partial charge in [0.1, 0.15) is 0 Å². The standard InChI is InChI=1S/C14H26N2/c1-3-14(4-2)12-16(11-10-15-14)13-8-6-5-7-9-13/h5-6,13,15H,3-4,7-12H2,1-2H3. The first-order valence-electron chi connectivity index (χ1n) is 6.94. The minimum atomic E-state index is 0.388. The van der Waals surface area contributed by atoms with Gasteiger partial charge in [-0.2, -0.15) is 0 Å². The van der Waals surface area contributed by atoms with E-state index >= 15 is 0 Å². The topological polar surface area (TPSA) is 15.3 Å². The molecule has 1 atom stereocenters. The van der Waals surface area contributed by atoms with Gasteiger partial charge in [0.15, 0.2) is 0 Å². The highest BCUT2D eigenvalue weighted by atomic mass is 15.2. The number of nitrogens with one attached hydrogen (secondary N) is 1. The van der Waals surface area contributed by atoms with Crippen molar-refractivity contribution in [2.75, 3.05) is 19.6 Å². The van der Waals surface area contributed by atoms with E-state index in [1.165, 1.54) is 51.7 Å². The monoisotopic (exact) mass is 222 g/mol. The molecular weight excluding hydrogens is 196 g/mol. The highest BCUT2D eigenvalue weighted by Gasteiger charge is 2.34. The summed E-state index contributed by atoms with van der Waals surface area (Å²) in [6.07, 6.45) is 11.1. The second-order valence-electron chi connectivity index (χ2n) is 5.32. The van der Waals surface area contributed by atoms with Gasteiger partial charge < -0.3 is 5.32 Å². The van der Waals surface area contributed by atoms with Crippen LogP contribution < -0.4 is 5.32 Å². The molecule has 1 heterocycles. The third-order valence-electron chi connectivity index (χ3n) is 4.52. The van der Waals surface area contributed by atoms with Gasteiger partial charge in [-0.1, -0.05) is 26.0 Å². The lowest BCUT2D eigenvalue weighted by Crippen LogP contribution is -2.61. The zero-order valence-electron chi connectivity index (χ0n) is 10.8. The summed E-state index contributed by atoms with van der Waals surface area (Å²) in [5, 5.41) is 3.74. The average Bonchev–Trinajstić information content (AvgIpc) is 2.40. The summed E-state index contributed by atoms with van der Waals surface area (Å²) in [7, 11) is 0. The fraction of sp³-hybridized carbons (Fsp3) is 0.857. The first kappa shape index (κ1) is 12.1. The Bertz CT molecular complexity index is 243. The number of allylic oxidation sites excluding steroid dienone is 1. The first-order valence-corrected chi connectivity index (χ1v) is 6.94. The van der Waals surface area contributed by atoms with E-state index in [1.807, 2.05) is 0 Å². The fourth-order valence-electron chi connectivity index (χ4n) is 3.13. The van der Waals surface area contributed by atoms with Crippen LogP contribution >= 0.6 is 0 Å². The molecule has 1 saturated heterocycles. The molecule has 2 nitrogen and oxygen atoms in total. The molecule has 1 aliphatic carbocycles. The van der Waals surface area contributed by atoms with Crippen LogP contribution in [0.25, 0.3) is 0 Å². The Morgan fingerprint density at radius 3 is 2.75 bits per heavy atom. The van der Waals surface area contributed by atoms with E-state index in [1.54, 1.807) is 0 Å². The largest absolute Gasteiger partial charge is 0.309 e. The molecule has 0 saturated carbocycles. The Morgan fingerprint density at radius 1 is 1.31 bits per heavy atom. The lowest BCUT2D eigenvalue weighted by atomic mass is 9.88. The molecule has 2 aliphatic rings. The van der Waals surface area contributed by atoms with Crippen molar-refractivity contribution in [3.63, 3.8) is 0 Å². The number of hydrogen-bond donors (Lipinski definition) is 1. The van der Waals surface area contributed by atoms with Gasteiger partial charge in [-0.15, -0.1) is 0 Å². The fourth-order valence-corrected chi connectivity index (χ4v) is 3.13. The van der Waals surface area contributed by atoms with Crippen LogP contribution in [0.5, 0.6) is 0 Å². The van der Waals surface area contributed by atoms with E-state index in [0.717, 1.165) is 6.04 Å². The van der Waals surface area contributed by atoms with Gasteiger partial charge >= 0.3 is 0 Å². The summed E-state index contributed by atoms with van der Waals surface area (Å²) >= 11 is 0. The maximum absolute atomic E-state index is 3.74. The molecule has 92 valence electrons. The Kier molecular flexibility index (Phi) is 4.04. The molecular formula is C14H26N2. The molecule has 0 aromatic rings. The van der Waals surface area contributed by atoms with Crippen molar-refractivity contribution in [1.82, 2.24) is 10.2 Å². The maximum atomic E-state index is 3.74. The molecule has 1 fully saturated rings. The van der Waals surface area contributed by atoms with Crippen molar-refractivity contribution in [3.8, 4) is 0 Å². The summed E-state index contributed by atoms with van der Waals surface area (Å²) in [5.41, 5.74) is 0.388. The van der Waals surface area contributed by atoms with Crippen molar-refractivity contribution in [3.05, 3.63) is 12.2 Å². The van der Waals surface area contributed by atoms with Gasteiger partial charge in [0.2, 0.25) is 0 Å². The molecule has 2 rings (SSSR count). The second-order valence-corrected chi connectivity index (χ2v) is 5.32. The molecule has 0 radical (unpaired) electrons. The summed E-state index contributed by atoms with van der Waals surface area (Å²) in [4.78, 5) is 2.73. The lowest BCUT2D eigenvalue weighted by molar-refractivity contribution is 0.0813. The van der Waals surface area contributed by atoms with Crippen LogP contribution in [0.1, 0.15) is 46.0 Å². The van der Waals surface area contributed by atoms with E-state index in [0.29, 0.717) is 5.54 Å². The third-order valence-corrected chi connectivity index (χ3v) is 4.52. The summed E-state index contributed by atoms with van der Waals surface area (Å²) in [6.45, 7) is 8.29. The van der Waals surface area contributed by atoms with E-state index in [-0.39, 0.29) is 0 Å². The first-order chi connectivity index (χ1) is 7.79. The van der Waals surface area contributed by atoms with Crippen LogP contribution in [-0.4, -0.2) is 36.1 Å². The Balaban J connectivity index is 1.97. The van der Waals surface area contributed by atoms with Crippen molar-refractivity contribution in [2.24, 2.45) is 0 Å². The molecule has 1 aliphatic heterocycles. The molecule has 2 heteroatoms. The summed E-state index contributed by atoms with van der Waals surface area (Å²) in [5.74, 6) is 0. The Hall–Kier alpha value is -0.340. The zero-order chi connectivity index (χ0) is 11.4. The molecule has 0 spiro atoms. The van der Waals surface area contributed by atoms with Crippen molar-refractivity contribution < 1.29 is 0 Å². The molecule has 0 bridgehead atoms. The molecule has 0 aromatic heterocycles. The Labute approximate surface area is 100 Å². The van der Waals surface area contributed by atoms with Gasteiger partial charge in [-0.3, -0.25) is 4.90 Å². The van der Waals surface area contributed by atoms with Gasteiger partial charge in [0.05, 0.1) is 0 Å². The summed E-state index contributed by atoms with van der Waals surface area (Å²) in [6, 6.07) is 0.810. The van der Waals surface area contributed by atoms with Gasteiger partial charge in [0, 0.05) is 31.2 Å². The highest BCUT2D eigenvalue weighted by Crippen LogP contribution is 2.25. The van der Waals surface area contributed by atoms with Crippen LogP contribution in [0.4, 0.5) is 0 Å². The average molecular weight is 222 g/mol. The Morgan fingerprint density at radius 2 is 2.12 bits per heavy atom. The zero-order valence-corrected chi connectivity index (χ0v) is 10.8. The van der Waals surface area contributed by atoms with Crippen LogP contribution in [0.15, 0.2) is 12.2 Å². The van der Waals surface area contributed by atoms with E-state index in [4.69, 9.17) is 0 Å². The molecule has 1 unspecified atom stereocenters. The van der Waals surface area contributed by atoms with Gasteiger partial charge in [-0.25, -0.2) is 0 Å².